The number of hydrogen-bond donors (Lipinski definition) is 1. The zero-order valence-electron chi connectivity index (χ0n) is 15.5. The molecule has 0 bridgehead atoms. The van der Waals surface area contributed by atoms with E-state index in [4.69, 9.17) is 4.74 Å². The summed E-state index contributed by atoms with van der Waals surface area (Å²) >= 11 is 0. The number of hydrogen-bond acceptors (Lipinski definition) is 3. The Balaban J connectivity index is 1.45. The highest BCUT2D eigenvalue weighted by molar-refractivity contribution is 5.94. The third kappa shape index (κ3) is 3.42. The summed E-state index contributed by atoms with van der Waals surface area (Å²) in [5, 5.41) is 10.3. The maximum Gasteiger partial charge on any atom is 0.253 e. The molecule has 1 atom stereocenters. The molecule has 148 valence electrons. The molecule has 2 aliphatic rings. The van der Waals surface area contributed by atoms with E-state index in [1.807, 2.05) is 0 Å². The van der Waals surface area contributed by atoms with Gasteiger partial charge in [-0.15, -0.1) is 0 Å². The molecule has 2 aromatic carbocycles. The number of rotatable bonds is 2. The number of amides is 1. The molecule has 1 amide bonds. The van der Waals surface area contributed by atoms with Crippen LogP contribution in [0.3, 0.4) is 0 Å². The molecule has 2 fully saturated rings. The number of nitrogens with zero attached hydrogens (tertiary/aromatic N) is 1. The summed E-state index contributed by atoms with van der Waals surface area (Å²) in [4.78, 5) is 14.6. The average Bonchev–Trinajstić information content (AvgIpc) is 2.73. The summed E-state index contributed by atoms with van der Waals surface area (Å²) in [6, 6.07) is 10.6. The topological polar surface area (TPSA) is 49.8 Å². The van der Waals surface area contributed by atoms with Crippen molar-refractivity contribution in [1.82, 2.24) is 4.90 Å². The molecule has 2 saturated heterocycles. The largest absolute Gasteiger partial charge is 0.390 e. The van der Waals surface area contributed by atoms with Gasteiger partial charge in [-0.05, 0) is 49.4 Å². The SMILES string of the molecule is O=C(c1ccc(-c2cccc(F)c2F)cc1)N1CCC2(CC1)OCCC[C@H]2O. The number of halogens is 2. The smallest absolute Gasteiger partial charge is 0.253 e. The molecule has 1 spiro atoms. The quantitative estimate of drug-likeness (QED) is 0.853. The first-order chi connectivity index (χ1) is 13.5. The van der Waals surface area contributed by atoms with Crippen molar-refractivity contribution in [3.8, 4) is 11.1 Å². The molecule has 4 rings (SSSR count). The van der Waals surface area contributed by atoms with Crippen LogP contribution in [0.25, 0.3) is 11.1 Å². The Labute approximate surface area is 162 Å². The van der Waals surface area contributed by atoms with Crippen LogP contribution in [0.4, 0.5) is 8.78 Å². The number of aliphatic hydroxyl groups is 1. The Morgan fingerprint density at radius 1 is 1.11 bits per heavy atom. The molecule has 1 N–H and O–H groups in total. The molecular formula is C22H23F2NO3. The van der Waals surface area contributed by atoms with Crippen LogP contribution in [-0.2, 0) is 4.74 Å². The number of ether oxygens (including phenoxy) is 1. The molecule has 0 unspecified atom stereocenters. The highest BCUT2D eigenvalue weighted by Crippen LogP contribution is 2.35. The Hall–Kier alpha value is -2.31. The molecule has 2 heterocycles. The lowest BCUT2D eigenvalue weighted by Gasteiger charge is -2.46. The van der Waals surface area contributed by atoms with Gasteiger partial charge in [-0.2, -0.15) is 0 Å². The van der Waals surface area contributed by atoms with Crippen LogP contribution in [0.2, 0.25) is 0 Å². The maximum absolute atomic E-state index is 14.0. The van der Waals surface area contributed by atoms with Gasteiger partial charge in [-0.25, -0.2) is 8.78 Å². The third-order valence-corrected chi connectivity index (χ3v) is 5.91. The van der Waals surface area contributed by atoms with Gasteiger partial charge in [-0.3, -0.25) is 4.79 Å². The number of carbonyl (C=O) groups excluding carboxylic acids is 1. The van der Waals surface area contributed by atoms with E-state index in [-0.39, 0.29) is 11.5 Å². The van der Waals surface area contributed by atoms with Gasteiger partial charge in [0.15, 0.2) is 11.6 Å². The maximum atomic E-state index is 14.0. The van der Waals surface area contributed by atoms with E-state index in [9.17, 15) is 18.7 Å². The van der Waals surface area contributed by atoms with E-state index in [1.54, 1.807) is 29.2 Å². The van der Waals surface area contributed by atoms with Crippen molar-refractivity contribution in [3.05, 3.63) is 59.7 Å². The average molecular weight is 387 g/mol. The zero-order chi connectivity index (χ0) is 19.7. The number of piperidine rings is 1. The lowest BCUT2D eigenvalue weighted by molar-refractivity contribution is -0.174. The van der Waals surface area contributed by atoms with Crippen LogP contribution < -0.4 is 0 Å². The fourth-order valence-electron chi connectivity index (χ4n) is 4.18. The van der Waals surface area contributed by atoms with Gasteiger partial charge < -0.3 is 14.7 Å². The van der Waals surface area contributed by atoms with Crippen molar-refractivity contribution < 1.29 is 23.4 Å². The second-order valence-corrected chi connectivity index (χ2v) is 7.54. The van der Waals surface area contributed by atoms with Crippen molar-refractivity contribution in [2.75, 3.05) is 19.7 Å². The van der Waals surface area contributed by atoms with Gasteiger partial charge in [0, 0.05) is 30.8 Å². The molecule has 2 aromatic rings. The Bertz CT molecular complexity index is 861. The van der Waals surface area contributed by atoms with Gasteiger partial charge >= 0.3 is 0 Å². The second-order valence-electron chi connectivity index (χ2n) is 7.54. The number of likely N-dealkylation sites (tertiary alicyclic amines) is 1. The minimum atomic E-state index is -0.896. The normalized spacial score (nSPS) is 21.7. The van der Waals surface area contributed by atoms with E-state index >= 15 is 0 Å². The van der Waals surface area contributed by atoms with E-state index in [0.717, 1.165) is 18.9 Å². The molecule has 6 heteroatoms. The van der Waals surface area contributed by atoms with Gasteiger partial charge in [-0.1, -0.05) is 24.3 Å². The first-order valence-electron chi connectivity index (χ1n) is 9.66. The minimum absolute atomic E-state index is 0.105. The van der Waals surface area contributed by atoms with Gasteiger partial charge in [0.2, 0.25) is 0 Å². The van der Waals surface area contributed by atoms with Crippen LogP contribution in [0.15, 0.2) is 42.5 Å². The van der Waals surface area contributed by atoms with Gasteiger partial charge in [0.25, 0.3) is 5.91 Å². The van der Waals surface area contributed by atoms with Gasteiger partial charge in [0.1, 0.15) is 0 Å². The summed E-state index contributed by atoms with van der Waals surface area (Å²) in [5.74, 6) is -1.90. The first-order valence-corrected chi connectivity index (χ1v) is 9.66. The zero-order valence-corrected chi connectivity index (χ0v) is 15.5. The molecule has 0 aromatic heterocycles. The van der Waals surface area contributed by atoms with Crippen molar-refractivity contribution in [2.24, 2.45) is 0 Å². The number of aliphatic hydroxyl groups excluding tert-OH is 1. The lowest BCUT2D eigenvalue weighted by atomic mass is 9.82. The highest BCUT2D eigenvalue weighted by Gasteiger charge is 2.44. The summed E-state index contributed by atoms with van der Waals surface area (Å²) < 4.78 is 33.3. The predicted octanol–water partition coefficient (Wildman–Crippen LogP) is 3.78. The molecule has 2 aliphatic heterocycles. The number of benzene rings is 2. The third-order valence-electron chi connectivity index (χ3n) is 5.91. The van der Waals surface area contributed by atoms with Crippen LogP contribution in [0.5, 0.6) is 0 Å². The molecule has 0 radical (unpaired) electrons. The van der Waals surface area contributed by atoms with E-state index in [2.05, 4.69) is 0 Å². The molecular weight excluding hydrogens is 364 g/mol. The van der Waals surface area contributed by atoms with Crippen LogP contribution in [-0.4, -0.2) is 47.3 Å². The minimum Gasteiger partial charge on any atom is -0.390 e. The summed E-state index contributed by atoms with van der Waals surface area (Å²) in [5.41, 5.74) is 0.669. The van der Waals surface area contributed by atoms with E-state index in [0.29, 0.717) is 43.7 Å². The Morgan fingerprint density at radius 3 is 2.50 bits per heavy atom. The Morgan fingerprint density at radius 2 is 1.82 bits per heavy atom. The molecule has 28 heavy (non-hydrogen) atoms. The first kappa shape index (κ1) is 19.0. The van der Waals surface area contributed by atoms with Crippen molar-refractivity contribution >= 4 is 5.91 Å². The number of carbonyl (C=O) groups is 1. The highest BCUT2D eigenvalue weighted by atomic mass is 19.2. The fourth-order valence-corrected chi connectivity index (χ4v) is 4.18. The molecule has 0 aliphatic carbocycles. The van der Waals surface area contributed by atoms with E-state index in [1.165, 1.54) is 12.1 Å². The molecule has 0 saturated carbocycles. The summed E-state index contributed by atoms with van der Waals surface area (Å²) in [6.45, 7) is 1.70. The monoisotopic (exact) mass is 387 g/mol. The fraction of sp³-hybridized carbons (Fsp3) is 0.409. The molecule has 4 nitrogen and oxygen atoms in total. The van der Waals surface area contributed by atoms with Crippen LogP contribution >= 0.6 is 0 Å². The van der Waals surface area contributed by atoms with Crippen molar-refractivity contribution in [3.63, 3.8) is 0 Å². The van der Waals surface area contributed by atoms with Crippen molar-refractivity contribution in [2.45, 2.75) is 37.4 Å². The van der Waals surface area contributed by atoms with Crippen LogP contribution in [0, 0.1) is 11.6 Å². The summed E-state index contributed by atoms with van der Waals surface area (Å²) in [7, 11) is 0. The second kappa shape index (κ2) is 7.60. The van der Waals surface area contributed by atoms with Crippen LogP contribution in [0.1, 0.15) is 36.0 Å². The van der Waals surface area contributed by atoms with Gasteiger partial charge in [0.05, 0.1) is 11.7 Å². The lowest BCUT2D eigenvalue weighted by Crippen LogP contribution is -2.56. The Kier molecular flexibility index (Phi) is 5.17. The van der Waals surface area contributed by atoms with Crippen molar-refractivity contribution in [1.29, 1.82) is 0 Å². The van der Waals surface area contributed by atoms with E-state index < -0.39 is 23.3 Å². The summed E-state index contributed by atoms with van der Waals surface area (Å²) in [6.07, 6.45) is 2.37. The predicted molar refractivity (Wildman–Crippen MR) is 101 cm³/mol. The standard InChI is InChI=1S/C22H23F2NO3/c23-18-4-1-3-17(20(18)24)15-6-8-16(9-7-15)21(27)25-12-10-22(11-13-25)19(26)5-2-14-28-22/h1,3-4,6-9,19,26H,2,5,10-14H2/t19-/m1/s1.